The number of carbonyl (C=O) groups excluding carboxylic acids is 1. The lowest BCUT2D eigenvalue weighted by Gasteiger charge is -2.29. The lowest BCUT2D eigenvalue weighted by molar-refractivity contribution is 0.213. The molecule has 5 heteroatoms. The van der Waals surface area contributed by atoms with E-state index in [0.717, 1.165) is 31.5 Å². The summed E-state index contributed by atoms with van der Waals surface area (Å²) >= 11 is 1.72. The van der Waals surface area contributed by atoms with Crippen LogP contribution in [0.2, 0.25) is 0 Å². The predicted molar refractivity (Wildman–Crippen MR) is 103 cm³/mol. The van der Waals surface area contributed by atoms with E-state index in [1.807, 2.05) is 30.3 Å². The lowest BCUT2D eigenvalue weighted by Crippen LogP contribution is -2.46. The van der Waals surface area contributed by atoms with E-state index in [0.29, 0.717) is 6.54 Å². The number of piperidine rings is 1. The fraction of sp³-hybridized carbons (Fsp3) is 0.350. The molecule has 3 rings (SSSR count). The van der Waals surface area contributed by atoms with Gasteiger partial charge in [-0.15, -0.1) is 0 Å². The van der Waals surface area contributed by atoms with Crippen molar-refractivity contribution in [2.75, 3.05) is 20.1 Å². The Kier molecular flexibility index (Phi) is 6.36. The van der Waals surface area contributed by atoms with E-state index in [1.165, 1.54) is 9.79 Å². The minimum absolute atomic E-state index is 0.0749. The number of carbonyl (C=O) groups is 1. The maximum Gasteiger partial charge on any atom is 0.315 e. The quantitative estimate of drug-likeness (QED) is 0.859. The van der Waals surface area contributed by atoms with Crippen molar-refractivity contribution in [3.05, 3.63) is 60.2 Å². The number of nitrogens with one attached hydrogen (secondary N) is 2. The van der Waals surface area contributed by atoms with E-state index in [2.05, 4.69) is 46.8 Å². The lowest BCUT2D eigenvalue weighted by atomic mass is 10.1. The highest BCUT2D eigenvalue weighted by atomic mass is 32.2. The SMILES string of the molecule is CN1CCC(NC(=O)NCc2ccccc2Sc2ccccc2)CC1. The van der Waals surface area contributed by atoms with Crippen molar-refractivity contribution in [3.63, 3.8) is 0 Å². The highest BCUT2D eigenvalue weighted by Gasteiger charge is 2.18. The molecule has 1 fully saturated rings. The molecule has 0 aromatic heterocycles. The first-order valence-electron chi connectivity index (χ1n) is 8.74. The summed E-state index contributed by atoms with van der Waals surface area (Å²) in [6.07, 6.45) is 2.04. The molecule has 2 amide bonds. The van der Waals surface area contributed by atoms with Crippen molar-refractivity contribution in [1.29, 1.82) is 0 Å². The van der Waals surface area contributed by atoms with Crippen LogP contribution in [0, 0.1) is 0 Å². The molecule has 0 saturated carbocycles. The third kappa shape index (κ3) is 5.51. The summed E-state index contributed by atoms with van der Waals surface area (Å²) in [5.74, 6) is 0. The normalized spacial score (nSPS) is 15.7. The molecule has 2 aromatic carbocycles. The fourth-order valence-electron chi connectivity index (χ4n) is 2.93. The number of nitrogens with zero attached hydrogens (tertiary/aromatic N) is 1. The van der Waals surface area contributed by atoms with Crippen molar-refractivity contribution >= 4 is 17.8 Å². The predicted octanol–water partition coefficient (Wildman–Crippen LogP) is 3.73. The molecule has 4 nitrogen and oxygen atoms in total. The van der Waals surface area contributed by atoms with Crippen molar-refractivity contribution in [2.24, 2.45) is 0 Å². The second-order valence-corrected chi connectivity index (χ2v) is 7.54. The smallest absolute Gasteiger partial charge is 0.315 e. The third-order valence-electron chi connectivity index (χ3n) is 4.44. The van der Waals surface area contributed by atoms with Gasteiger partial charge < -0.3 is 15.5 Å². The van der Waals surface area contributed by atoms with Crippen molar-refractivity contribution in [2.45, 2.75) is 35.2 Å². The van der Waals surface area contributed by atoms with E-state index < -0.39 is 0 Å². The number of benzene rings is 2. The molecule has 25 heavy (non-hydrogen) atoms. The van der Waals surface area contributed by atoms with E-state index in [4.69, 9.17) is 0 Å². The van der Waals surface area contributed by atoms with Gasteiger partial charge >= 0.3 is 6.03 Å². The van der Waals surface area contributed by atoms with Crippen LogP contribution in [0.1, 0.15) is 18.4 Å². The van der Waals surface area contributed by atoms with Crippen molar-refractivity contribution in [1.82, 2.24) is 15.5 Å². The van der Waals surface area contributed by atoms with Crippen LogP contribution >= 0.6 is 11.8 Å². The minimum atomic E-state index is -0.0749. The van der Waals surface area contributed by atoms with E-state index in [-0.39, 0.29) is 12.1 Å². The van der Waals surface area contributed by atoms with Crippen LogP contribution in [0.25, 0.3) is 0 Å². The van der Waals surface area contributed by atoms with E-state index in [1.54, 1.807) is 11.8 Å². The molecule has 0 aliphatic carbocycles. The van der Waals surface area contributed by atoms with Gasteiger partial charge in [0.05, 0.1) is 0 Å². The summed E-state index contributed by atoms with van der Waals surface area (Å²) in [4.78, 5) is 16.9. The minimum Gasteiger partial charge on any atom is -0.335 e. The second-order valence-electron chi connectivity index (χ2n) is 6.43. The molecule has 2 N–H and O–H groups in total. The molecular formula is C20H25N3OS. The van der Waals surface area contributed by atoms with Gasteiger partial charge in [0.1, 0.15) is 0 Å². The number of urea groups is 1. The molecule has 0 bridgehead atoms. The molecule has 1 aliphatic heterocycles. The maximum absolute atomic E-state index is 12.2. The van der Waals surface area contributed by atoms with Crippen LogP contribution in [0.15, 0.2) is 64.4 Å². The zero-order chi connectivity index (χ0) is 17.5. The van der Waals surface area contributed by atoms with Crippen LogP contribution in [-0.4, -0.2) is 37.1 Å². The highest BCUT2D eigenvalue weighted by Crippen LogP contribution is 2.30. The average molecular weight is 356 g/mol. The maximum atomic E-state index is 12.2. The van der Waals surface area contributed by atoms with Gasteiger partial charge in [-0.3, -0.25) is 0 Å². The number of hydrogen-bond acceptors (Lipinski definition) is 3. The molecule has 132 valence electrons. The molecule has 2 aromatic rings. The van der Waals surface area contributed by atoms with Gasteiger partial charge in [0, 0.05) is 22.4 Å². The molecule has 0 unspecified atom stereocenters. The molecule has 0 atom stereocenters. The van der Waals surface area contributed by atoms with Crippen LogP contribution in [0.5, 0.6) is 0 Å². The molecule has 1 aliphatic rings. The van der Waals surface area contributed by atoms with Crippen LogP contribution < -0.4 is 10.6 Å². The molecule has 1 saturated heterocycles. The molecule has 1 heterocycles. The fourth-order valence-corrected chi connectivity index (χ4v) is 3.89. The number of hydrogen-bond donors (Lipinski definition) is 2. The Morgan fingerprint density at radius 2 is 1.76 bits per heavy atom. The summed E-state index contributed by atoms with van der Waals surface area (Å²) in [5, 5.41) is 6.10. The Labute approximate surface area is 154 Å². The average Bonchev–Trinajstić information content (AvgIpc) is 2.64. The van der Waals surface area contributed by atoms with Gasteiger partial charge in [-0.2, -0.15) is 0 Å². The second kappa shape index (κ2) is 8.92. The van der Waals surface area contributed by atoms with Gasteiger partial charge in [-0.25, -0.2) is 4.79 Å². The van der Waals surface area contributed by atoms with E-state index >= 15 is 0 Å². The summed E-state index contributed by atoms with van der Waals surface area (Å²) in [6.45, 7) is 2.62. The van der Waals surface area contributed by atoms with Gasteiger partial charge in [0.25, 0.3) is 0 Å². The Morgan fingerprint density at radius 1 is 1.08 bits per heavy atom. The zero-order valence-corrected chi connectivity index (χ0v) is 15.4. The molecular weight excluding hydrogens is 330 g/mol. The first-order valence-corrected chi connectivity index (χ1v) is 9.56. The number of rotatable bonds is 5. The number of amides is 2. The number of likely N-dealkylation sites (tertiary alicyclic amines) is 1. The summed E-state index contributed by atoms with van der Waals surface area (Å²) in [7, 11) is 2.12. The summed E-state index contributed by atoms with van der Waals surface area (Å²) < 4.78 is 0. The summed E-state index contributed by atoms with van der Waals surface area (Å²) in [6, 6.07) is 18.7. The van der Waals surface area contributed by atoms with Gasteiger partial charge in [0.15, 0.2) is 0 Å². The monoisotopic (exact) mass is 355 g/mol. The third-order valence-corrected chi connectivity index (χ3v) is 5.56. The largest absolute Gasteiger partial charge is 0.335 e. The Morgan fingerprint density at radius 3 is 2.52 bits per heavy atom. The van der Waals surface area contributed by atoms with Gasteiger partial charge in [-0.1, -0.05) is 48.2 Å². The molecule has 0 radical (unpaired) electrons. The Hall–Kier alpha value is -1.98. The standard InChI is InChI=1S/C20H25N3OS/c1-23-13-11-17(12-14-23)22-20(24)21-15-16-7-5-6-10-19(16)25-18-8-3-2-4-9-18/h2-10,17H,11-15H2,1H3,(H2,21,22,24). The van der Waals surface area contributed by atoms with Crippen LogP contribution in [0.3, 0.4) is 0 Å². The van der Waals surface area contributed by atoms with E-state index in [9.17, 15) is 4.79 Å². The Bertz CT molecular complexity index is 684. The first-order chi connectivity index (χ1) is 12.2. The summed E-state index contributed by atoms with van der Waals surface area (Å²) in [5.41, 5.74) is 1.13. The van der Waals surface area contributed by atoms with Gasteiger partial charge in [0.2, 0.25) is 0 Å². The first kappa shape index (κ1) is 17.8. The van der Waals surface area contributed by atoms with Gasteiger partial charge in [-0.05, 0) is 56.7 Å². The Balaban J connectivity index is 1.53. The topological polar surface area (TPSA) is 44.4 Å². The highest BCUT2D eigenvalue weighted by molar-refractivity contribution is 7.99. The van der Waals surface area contributed by atoms with Crippen LogP contribution in [0.4, 0.5) is 4.79 Å². The van der Waals surface area contributed by atoms with Crippen LogP contribution in [-0.2, 0) is 6.54 Å². The van der Waals surface area contributed by atoms with Crippen molar-refractivity contribution in [3.8, 4) is 0 Å². The van der Waals surface area contributed by atoms with Crippen molar-refractivity contribution < 1.29 is 4.79 Å². The molecule has 0 spiro atoms. The zero-order valence-electron chi connectivity index (χ0n) is 14.6.